The molecule has 5 heteroatoms. The van der Waals surface area contributed by atoms with E-state index in [-0.39, 0.29) is 0 Å². The molecule has 0 saturated heterocycles. The summed E-state index contributed by atoms with van der Waals surface area (Å²) < 4.78 is 6.42. The molecule has 3 N–H and O–H groups in total. The average Bonchev–Trinajstić information content (AvgIpc) is 3.10. The first-order valence-electron chi connectivity index (χ1n) is 5.48. The Morgan fingerprint density at radius 1 is 1.59 bits per heavy atom. The van der Waals surface area contributed by atoms with Crippen LogP contribution in [0.3, 0.4) is 0 Å². The van der Waals surface area contributed by atoms with Crippen molar-refractivity contribution in [2.75, 3.05) is 6.61 Å². The van der Waals surface area contributed by atoms with E-state index in [9.17, 15) is 4.79 Å². The standard InChI is InChI=1S/C12H14BrNO3/c13-8-3-4-10(17-6-7-1-2-7)9(5-8)11(14)12(15)16/h3-5,7,11H,1-2,6,14H2,(H,15,16). The number of nitrogens with two attached hydrogens (primary N) is 1. The van der Waals surface area contributed by atoms with Crippen LogP contribution in [0, 0.1) is 5.92 Å². The molecule has 1 saturated carbocycles. The van der Waals surface area contributed by atoms with Crippen LogP contribution >= 0.6 is 15.9 Å². The Morgan fingerprint density at radius 3 is 2.88 bits per heavy atom. The molecule has 0 radical (unpaired) electrons. The molecule has 0 bridgehead atoms. The monoisotopic (exact) mass is 299 g/mol. The zero-order valence-electron chi connectivity index (χ0n) is 9.23. The highest BCUT2D eigenvalue weighted by Gasteiger charge is 2.24. The lowest BCUT2D eigenvalue weighted by atomic mass is 10.1. The molecule has 0 spiro atoms. The third-order valence-electron chi connectivity index (χ3n) is 2.74. The van der Waals surface area contributed by atoms with Crippen molar-refractivity contribution in [3.8, 4) is 5.75 Å². The maximum absolute atomic E-state index is 10.9. The molecular formula is C12H14BrNO3. The molecule has 0 aliphatic heterocycles. The molecule has 0 heterocycles. The number of aliphatic carboxylic acids is 1. The van der Waals surface area contributed by atoms with Crippen molar-refractivity contribution >= 4 is 21.9 Å². The molecule has 4 nitrogen and oxygen atoms in total. The summed E-state index contributed by atoms with van der Waals surface area (Å²) in [5.74, 6) is 0.127. The van der Waals surface area contributed by atoms with Gasteiger partial charge in [0.25, 0.3) is 0 Å². The first-order valence-corrected chi connectivity index (χ1v) is 6.28. The van der Waals surface area contributed by atoms with Gasteiger partial charge in [0.1, 0.15) is 11.8 Å². The Balaban J connectivity index is 2.19. The van der Waals surface area contributed by atoms with Crippen molar-refractivity contribution in [1.82, 2.24) is 0 Å². The normalized spacial score (nSPS) is 16.6. The Morgan fingerprint density at radius 2 is 2.29 bits per heavy atom. The van der Waals surface area contributed by atoms with E-state index in [0.717, 1.165) is 4.47 Å². The molecule has 1 aromatic carbocycles. The third-order valence-corrected chi connectivity index (χ3v) is 3.24. The van der Waals surface area contributed by atoms with Crippen LogP contribution in [0.25, 0.3) is 0 Å². The smallest absolute Gasteiger partial charge is 0.325 e. The fraction of sp³-hybridized carbons (Fsp3) is 0.417. The molecule has 0 amide bonds. The van der Waals surface area contributed by atoms with Crippen molar-refractivity contribution in [3.63, 3.8) is 0 Å². The minimum atomic E-state index is -1.06. The average molecular weight is 300 g/mol. The van der Waals surface area contributed by atoms with Gasteiger partial charge in [0.2, 0.25) is 0 Å². The molecule has 1 aliphatic rings. The van der Waals surface area contributed by atoms with Crippen molar-refractivity contribution in [1.29, 1.82) is 0 Å². The fourth-order valence-corrected chi connectivity index (χ4v) is 1.90. The Kier molecular flexibility index (Phi) is 3.69. The van der Waals surface area contributed by atoms with E-state index in [2.05, 4.69) is 15.9 Å². The zero-order valence-corrected chi connectivity index (χ0v) is 10.8. The molecule has 92 valence electrons. The molecule has 1 unspecified atom stereocenters. The van der Waals surface area contributed by atoms with Gasteiger partial charge in [-0.05, 0) is 37.0 Å². The maximum Gasteiger partial charge on any atom is 0.325 e. The quantitative estimate of drug-likeness (QED) is 0.875. The molecule has 0 aromatic heterocycles. The van der Waals surface area contributed by atoms with Gasteiger partial charge in [-0.3, -0.25) is 4.79 Å². The maximum atomic E-state index is 10.9. The summed E-state index contributed by atoms with van der Waals surface area (Å²) in [5, 5.41) is 8.94. The van der Waals surface area contributed by atoms with Crippen molar-refractivity contribution in [2.24, 2.45) is 11.7 Å². The number of ether oxygens (including phenoxy) is 1. The van der Waals surface area contributed by atoms with E-state index in [1.807, 2.05) is 6.07 Å². The number of benzene rings is 1. The van der Waals surface area contributed by atoms with Crippen molar-refractivity contribution in [3.05, 3.63) is 28.2 Å². The summed E-state index contributed by atoms with van der Waals surface area (Å²) in [6.07, 6.45) is 2.38. The third kappa shape index (κ3) is 3.20. The van der Waals surface area contributed by atoms with Gasteiger partial charge < -0.3 is 15.6 Å². The van der Waals surface area contributed by atoms with E-state index < -0.39 is 12.0 Å². The number of carbonyl (C=O) groups is 1. The van der Waals surface area contributed by atoms with Gasteiger partial charge in [0, 0.05) is 10.0 Å². The second-order valence-corrected chi connectivity index (χ2v) is 5.17. The predicted molar refractivity (Wildman–Crippen MR) is 66.9 cm³/mol. The van der Waals surface area contributed by atoms with Gasteiger partial charge in [0.05, 0.1) is 6.61 Å². The van der Waals surface area contributed by atoms with Crippen LogP contribution in [0.4, 0.5) is 0 Å². The number of rotatable bonds is 5. The minimum absolute atomic E-state index is 0.507. The molecule has 1 atom stereocenters. The van der Waals surface area contributed by atoms with Crippen molar-refractivity contribution in [2.45, 2.75) is 18.9 Å². The first kappa shape index (κ1) is 12.4. The van der Waals surface area contributed by atoms with E-state index in [1.54, 1.807) is 12.1 Å². The van der Waals surface area contributed by atoms with Crippen LogP contribution in [0.2, 0.25) is 0 Å². The largest absolute Gasteiger partial charge is 0.493 e. The second-order valence-electron chi connectivity index (χ2n) is 4.25. The van der Waals surface area contributed by atoms with Crippen LogP contribution < -0.4 is 10.5 Å². The van der Waals surface area contributed by atoms with Crippen LogP contribution in [0.5, 0.6) is 5.75 Å². The lowest BCUT2D eigenvalue weighted by molar-refractivity contribution is -0.138. The SMILES string of the molecule is NC(C(=O)O)c1cc(Br)ccc1OCC1CC1. The number of hydrogen-bond acceptors (Lipinski definition) is 3. The van der Waals surface area contributed by atoms with E-state index >= 15 is 0 Å². The first-order chi connectivity index (χ1) is 8.08. The van der Waals surface area contributed by atoms with Crippen LogP contribution in [0.1, 0.15) is 24.4 Å². The highest BCUT2D eigenvalue weighted by Crippen LogP contribution is 2.32. The van der Waals surface area contributed by atoms with Gasteiger partial charge in [-0.25, -0.2) is 0 Å². The Bertz CT molecular complexity index is 432. The Hall–Kier alpha value is -1.07. The van der Waals surface area contributed by atoms with E-state index in [4.69, 9.17) is 15.6 Å². The lowest BCUT2D eigenvalue weighted by Crippen LogP contribution is -2.21. The molecule has 1 fully saturated rings. The fourth-order valence-electron chi connectivity index (χ4n) is 1.52. The van der Waals surface area contributed by atoms with Gasteiger partial charge in [-0.15, -0.1) is 0 Å². The highest BCUT2D eigenvalue weighted by atomic mass is 79.9. The van der Waals surface area contributed by atoms with Crippen LogP contribution in [-0.2, 0) is 4.79 Å². The summed E-state index contributed by atoms with van der Waals surface area (Å²) >= 11 is 3.30. The zero-order chi connectivity index (χ0) is 12.4. The van der Waals surface area contributed by atoms with Gasteiger partial charge in [-0.1, -0.05) is 15.9 Å². The molecule has 1 aliphatic carbocycles. The van der Waals surface area contributed by atoms with Crippen LogP contribution in [-0.4, -0.2) is 17.7 Å². The summed E-state index contributed by atoms with van der Waals surface area (Å²) in [6, 6.07) is 4.22. The van der Waals surface area contributed by atoms with Crippen LogP contribution in [0.15, 0.2) is 22.7 Å². The highest BCUT2D eigenvalue weighted by molar-refractivity contribution is 9.10. The number of hydrogen-bond donors (Lipinski definition) is 2. The Labute approximate surface area is 108 Å². The lowest BCUT2D eigenvalue weighted by Gasteiger charge is -2.14. The van der Waals surface area contributed by atoms with E-state index in [0.29, 0.717) is 23.8 Å². The number of halogens is 1. The molecule has 2 rings (SSSR count). The van der Waals surface area contributed by atoms with Gasteiger partial charge in [0.15, 0.2) is 0 Å². The van der Waals surface area contributed by atoms with Gasteiger partial charge in [-0.2, -0.15) is 0 Å². The predicted octanol–water partition coefficient (Wildman–Crippen LogP) is 2.32. The molecule has 17 heavy (non-hydrogen) atoms. The number of carboxylic acid groups (broad SMARTS) is 1. The molecular weight excluding hydrogens is 286 g/mol. The summed E-state index contributed by atoms with van der Waals surface area (Å²) in [4.78, 5) is 10.9. The summed E-state index contributed by atoms with van der Waals surface area (Å²) in [5.41, 5.74) is 6.14. The van der Waals surface area contributed by atoms with E-state index in [1.165, 1.54) is 12.8 Å². The summed E-state index contributed by atoms with van der Waals surface area (Å²) in [7, 11) is 0. The topological polar surface area (TPSA) is 72.6 Å². The minimum Gasteiger partial charge on any atom is -0.493 e. The van der Waals surface area contributed by atoms with Gasteiger partial charge >= 0.3 is 5.97 Å². The summed E-state index contributed by atoms with van der Waals surface area (Å²) in [6.45, 7) is 0.640. The molecule has 1 aromatic rings. The second kappa shape index (κ2) is 5.06. The number of carboxylic acids is 1. The van der Waals surface area contributed by atoms with Crippen molar-refractivity contribution < 1.29 is 14.6 Å².